The highest BCUT2D eigenvalue weighted by molar-refractivity contribution is 5.81. The molecule has 0 bridgehead atoms. The van der Waals surface area contributed by atoms with Crippen LogP contribution in [0, 0.1) is 20.8 Å². The van der Waals surface area contributed by atoms with E-state index in [1.165, 1.54) is 11.1 Å². The van der Waals surface area contributed by atoms with Gasteiger partial charge in [-0.05, 0) is 56.2 Å². The Bertz CT molecular complexity index is 807. The van der Waals surface area contributed by atoms with Crippen molar-refractivity contribution in [2.75, 3.05) is 5.73 Å². The molecule has 0 spiro atoms. The third-order valence-electron chi connectivity index (χ3n) is 3.64. The van der Waals surface area contributed by atoms with Crippen molar-refractivity contribution in [3.05, 3.63) is 53.2 Å². The predicted molar refractivity (Wildman–Crippen MR) is 83.6 cm³/mol. The van der Waals surface area contributed by atoms with Crippen LogP contribution in [-0.2, 0) is 0 Å². The van der Waals surface area contributed by atoms with Crippen molar-refractivity contribution < 1.29 is 0 Å². The first-order valence-corrected chi connectivity index (χ1v) is 6.66. The van der Waals surface area contributed by atoms with Crippen molar-refractivity contribution in [2.24, 2.45) is 0 Å². The minimum Gasteiger partial charge on any atom is -0.399 e. The molecule has 3 nitrogen and oxygen atoms in total. The average Bonchev–Trinajstić information content (AvgIpc) is 2.42. The topological polar surface area (TPSA) is 51.8 Å². The van der Waals surface area contributed by atoms with Crippen LogP contribution >= 0.6 is 0 Å². The van der Waals surface area contributed by atoms with Gasteiger partial charge in [0.25, 0.3) is 0 Å². The van der Waals surface area contributed by atoms with E-state index >= 15 is 0 Å². The fourth-order valence-electron chi connectivity index (χ4n) is 2.32. The largest absolute Gasteiger partial charge is 0.399 e. The molecule has 0 amide bonds. The molecule has 100 valence electrons. The van der Waals surface area contributed by atoms with Crippen LogP contribution in [0.25, 0.3) is 22.3 Å². The summed E-state index contributed by atoms with van der Waals surface area (Å²) in [6.07, 6.45) is 0. The second kappa shape index (κ2) is 4.60. The number of nitrogens with zero attached hydrogens (tertiary/aromatic N) is 2. The van der Waals surface area contributed by atoms with Gasteiger partial charge in [-0.3, -0.25) is 0 Å². The number of anilines is 1. The lowest BCUT2D eigenvalue weighted by Crippen LogP contribution is -1.96. The van der Waals surface area contributed by atoms with E-state index in [-0.39, 0.29) is 0 Å². The number of benzene rings is 2. The van der Waals surface area contributed by atoms with Gasteiger partial charge in [0.05, 0.1) is 22.4 Å². The average molecular weight is 263 g/mol. The number of aryl methyl sites for hydroxylation is 3. The monoisotopic (exact) mass is 263 g/mol. The van der Waals surface area contributed by atoms with Crippen molar-refractivity contribution in [1.29, 1.82) is 0 Å². The quantitative estimate of drug-likeness (QED) is 0.679. The number of rotatable bonds is 1. The second-order valence-corrected chi connectivity index (χ2v) is 5.20. The molecule has 3 rings (SSSR count). The van der Waals surface area contributed by atoms with Crippen molar-refractivity contribution in [3.8, 4) is 11.3 Å². The number of fused-ring (bicyclic) bond motifs is 1. The first-order chi connectivity index (χ1) is 9.54. The molecule has 0 aliphatic heterocycles. The molecule has 3 heteroatoms. The summed E-state index contributed by atoms with van der Waals surface area (Å²) in [5.74, 6) is 0. The molecule has 0 aliphatic rings. The van der Waals surface area contributed by atoms with Gasteiger partial charge in [0.15, 0.2) is 0 Å². The number of aromatic nitrogens is 2. The van der Waals surface area contributed by atoms with E-state index in [1.807, 2.05) is 25.1 Å². The maximum absolute atomic E-state index is 5.83. The molecule has 0 unspecified atom stereocenters. The Morgan fingerprint density at radius 2 is 1.60 bits per heavy atom. The number of nitrogen functional groups attached to an aromatic ring is 1. The summed E-state index contributed by atoms with van der Waals surface area (Å²) in [5.41, 5.74) is 13.8. The van der Waals surface area contributed by atoms with Gasteiger partial charge in [0.2, 0.25) is 0 Å². The number of nitrogens with two attached hydrogens (primary N) is 1. The lowest BCUT2D eigenvalue weighted by molar-refractivity contribution is 1.19. The smallest absolute Gasteiger partial charge is 0.0922 e. The lowest BCUT2D eigenvalue weighted by atomic mass is 10.0. The molecule has 0 atom stereocenters. The number of hydrogen-bond donors (Lipinski definition) is 1. The summed E-state index contributed by atoms with van der Waals surface area (Å²) < 4.78 is 0. The second-order valence-electron chi connectivity index (χ2n) is 5.20. The Labute approximate surface area is 118 Å². The van der Waals surface area contributed by atoms with E-state index in [0.717, 1.165) is 28.0 Å². The van der Waals surface area contributed by atoms with Gasteiger partial charge in [-0.15, -0.1) is 0 Å². The summed E-state index contributed by atoms with van der Waals surface area (Å²) >= 11 is 0. The molecule has 2 aromatic carbocycles. The first-order valence-electron chi connectivity index (χ1n) is 6.66. The summed E-state index contributed by atoms with van der Waals surface area (Å²) in [7, 11) is 0. The summed E-state index contributed by atoms with van der Waals surface area (Å²) in [5, 5.41) is 0. The summed E-state index contributed by atoms with van der Waals surface area (Å²) in [6, 6.07) is 12.0. The standard InChI is InChI=1S/C17H17N3/c1-10-4-5-13(8-11(10)2)17-12(3)19-15-7-6-14(18)9-16(15)20-17/h4-9H,18H2,1-3H3. The Morgan fingerprint density at radius 1 is 0.800 bits per heavy atom. The van der Waals surface area contributed by atoms with Gasteiger partial charge in [-0.25, -0.2) is 9.97 Å². The molecule has 0 aliphatic carbocycles. The van der Waals surface area contributed by atoms with Crippen LogP contribution in [0.15, 0.2) is 36.4 Å². The predicted octanol–water partition coefficient (Wildman–Crippen LogP) is 3.80. The minimum absolute atomic E-state index is 0.710. The molecular formula is C17H17N3. The molecular weight excluding hydrogens is 246 g/mol. The van der Waals surface area contributed by atoms with Gasteiger partial charge >= 0.3 is 0 Å². The zero-order chi connectivity index (χ0) is 14.3. The van der Waals surface area contributed by atoms with Crippen molar-refractivity contribution >= 4 is 16.7 Å². The zero-order valence-corrected chi connectivity index (χ0v) is 11.9. The summed E-state index contributed by atoms with van der Waals surface area (Å²) in [4.78, 5) is 9.36. The lowest BCUT2D eigenvalue weighted by Gasteiger charge is -2.09. The minimum atomic E-state index is 0.710. The highest BCUT2D eigenvalue weighted by Gasteiger charge is 2.08. The van der Waals surface area contributed by atoms with E-state index < -0.39 is 0 Å². The molecule has 0 fully saturated rings. The van der Waals surface area contributed by atoms with Crippen LogP contribution in [0.4, 0.5) is 5.69 Å². The van der Waals surface area contributed by atoms with E-state index in [1.54, 1.807) is 0 Å². The maximum Gasteiger partial charge on any atom is 0.0922 e. The van der Waals surface area contributed by atoms with Crippen LogP contribution in [0.1, 0.15) is 16.8 Å². The van der Waals surface area contributed by atoms with E-state index in [2.05, 4.69) is 37.0 Å². The Balaban J connectivity index is 2.24. The molecule has 1 aromatic heterocycles. The van der Waals surface area contributed by atoms with Crippen molar-refractivity contribution in [3.63, 3.8) is 0 Å². The number of hydrogen-bond acceptors (Lipinski definition) is 3. The van der Waals surface area contributed by atoms with Crippen LogP contribution in [-0.4, -0.2) is 9.97 Å². The fourth-order valence-corrected chi connectivity index (χ4v) is 2.32. The summed E-state index contributed by atoms with van der Waals surface area (Å²) in [6.45, 7) is 6.21. The first kappa shape index (κ1) is 12.6. The van der Waals surface area contributed by atoms with E-state index in [4.69, 9.17) is 10.7 Å². The van der Waals surface area contributed by atoms with Gasteiger partial charge in [-0.2, -0.15) is 0 Å². The van der Waals surface area contributed by atoms with Crippen LogP contribution in [0.2, 0.25) is 0 Å². The maximum atomic E-state index is 5.83. The molecule has 0 saturated carbocycles. The van der Waals surface area contributed by atoms with Crippen molar-refractivity contribution in [1.82, 2.24) is 9.97 Å². The van der Waals surface area contributed by atoms with Gasteiger partial charge < -0.3 is 5.73 Å². The Kier molecular flexibility index (Phi) is 2.90. The van der Waals surface area contributed by atoms with E-state index in [0.29, 0.717) is 5.69 Å². The highest BCUT2D eigenvalue weighted by atomic mass is 14.8. The third-order valence-corrected chi connectivity index (χ3v) is 3.64. The van der Waals surface area contributed by atoms with Gasteiger partial charge in [0, 0.05) is 11.3 Å². The molecule has 0 saturated heterocycles. The third kappa shape index (κ3) is 2.11. The Hall–Kier alpha value is -2.42. The molecule has 2 N–H and O–H groups in total. The fraction of sp³-hybridized carbons (Fsp3) is 0.176. The molecule has 0 radical (unpaired) electrons. The zero-order valence-electron chi connectivity index (χ0n) is 11.9. The van der Waals surface area contributed by atoms with Crippen LogP contribution in [0.3, 0.4) is 0 Å². The van der Waals surface area contributed by atoms with E-state index in [9.17, 15) is 0 Å². The Morgan fingerprint density at radius 3 is 2.35 bits per heavy atom. The molecule has 1 heterocycles. The van der Waals surface area contributed by atoms with Crippen LogP contribution in [0.5, 0.6) is 0 Å². The molecule has 20 heavy (non-hydrogen) atoms. The van der Waals surface area contributed by atoms with Crippen molar-refractivity contribution in [2.45, 2.75) is 20.8 Å². The molecule has 3 aromatic rings. The van der Waals surface area contributed by atoms with Crippen LogP contribution < -0.4 is 5.73 Å². The SMILES string of the molecule is Cc1ccc(-c2nc3cc(N)ccc3nc2C)cc1C. The normalized spacial score (nSPS) is 10.9. The van der Waals surface area contributed by atoms with Gasteiger partial charge in [0.1, 0.15) is 0 Å². The van der Waals surface area contributed by atoms with Gasteiger partial charge in [-0.1, -0.05) is 12.1 Å². The highest BCUT2D eigenvalue weighted by Crippen LogP contribution is 2.25.